The molecule has 1 aromatic rings. The lowest BCUT2D eigenvalue weighted by molar-refractivity contribution is -0.142. The summed E-state index contributed by atoms with van der Waals surface area (Å²) in [5.74, 6) is 0.161. The average Bonchev–Trinajstić information content (AvgIpc) is 3.06. The number of amides is 2. The summed E-state index contributed by atoms with van der Waals surface area (Å²) in [7, 11) is 2.00. The number of carbonyl (C=O) groups excluding carboxylic acids is 2. The van der Waals surface area contributed by atoms with Crippen molar-refractivity contribution in [1.82, 2.24) is 14.4 Å². The third kappa shape index (κ3) is 7.77. The van der Waals surface area contributed by atoms with Crippen LogP contribution in [0.5, 0.6) is 0 Å². The number of hydrogen-bond acceptors (Lipinski definition) is 2. The van der Waals surface area contributed by atoms with Crippen molar-refractivity contribution in [3.05, 3.63) is 24.0 Å². The van der Waals surface area contributed by atoms with Crippen molar-refractivity contribution < 1.29 is 9.59 Å². The van der Waals surface area contributed by atoms with Gasteiger partial charge in [0.1, 0.15) is 0 Å². The molecule has 154 valence electrons. The molecule has 0 radical (unpaired) electrons. The normalized spacial score (nSPS) is 12.0. The molecule has 0 aromatic carbocycles. The van der Waals surface area contributed by atoms with E-state index in [2.05, 4.69) is 31.4 Å². The van der Waals surface area contributed by atoms with E-state index in [1.54, 1.807) is 4.90 Å². The van der Waals surface area contributed by atoms with Gasteiger partial charge >= 0.3 is 0 Å². The SMILES string of the molecule is CCCCCC(=O)N(CC(=O)N(CCCC)Cc1cccn1C)C(C)CC. The lowest BCUT2D eigenvalue weighted by Gasteiger charge is -2.31. The minimum atomic E-state index is 0.0498. The van der Waals surface area contributed by atoms with E-state index in [-0.39, 0.29) is 24.4 Å². The summed E-state index contributed by atoms with van der Waals surface area (Å²) in [6.07, 6.45) is 8.48. The zero-order chi connectivity index (χ0) is 20.2. The van der Waals surface area contributed by atoms with E-state index in [0.717, 1.165) is 50.8 Å². The minimum absolute atomic E-state index is 0.0498. The Kier molecular flexibility index (Phi) is 10.8. The predicted molar refractivity (Wildman–Crippen MR) is 111 cm³/mol. The Morgan fingerprint density at radius 1 is 1.07 bits per heavy atom. The Hall–Kier alpha value is -1.78. The van der Waals surface area contributed by atoms with Gasteiger partial charge in [0.15, 0.2) is 0 Å². The van der Waals surface area contributed by atoms with Crippen LogP contribution < -0.4 is 0 Å². The van der Waals surface area contributed by atoms with Crippen LogP contribution in [-0.2, 0) is 23.2 Å². The van der Waals surface area contributed by atoms with Crippen LogP contribution in [0.15, 0.2) is 18.3 Å². The van der Waals surface area contributed by atoms with Gasteiger partial charge in [-0.15, -0.1) is 0 Å². The standard InChI is InChI=1S/C22H39N3O2/c1-6-9-11-14-21(26)25(19(4)8-3)18-22(27)24(16-10-7-2)17-20-13-12-15-23(20)5/h12-13,15,19H,6-11,14,16-18H2,1-5H3. The maximum Gasteiger partial charge on any atom is 0.242 e. The summed E-state index contributed by atoms with van der Waals surface area (Å²) in [6.45, 7) is 9.90. The molecule has 1 rings (SSSR count). The van der Waals surface area contributed by atoms with Crippen LogP contribution in [0.1, 0.15) is 78.3 Å². The fourth-order valence-corrected chi connectivity index (χ4v) is 3.12. The molecular formula is C22H39N3O2. The monoisotopic (exact) mass is 377 g/mol. The predicted octanol–water partition coefficient (Wildman–Crippen LogP) is 4.36. The maximum absolute atomic E-state index is 13.1. The summed E-state index contributed by atoms with van der Waals surface area (Å²) >= 11 is 0. The quantitative estimate of drug-likeness (QED) is 0.479. The van der Waals surface area contributed by atoms with Crippen LogP contribution in [0, 0.1) is 0 Å². The molecule has 0 N–H and O–H groups in total. The summed E-state index contributed by atoms with van der Waals surface area (Å²) in [6, 6.07) is 4.14. The second-order valence-corrected chi connectivity index (χ2v) is 7.52. The first-order valence-corrected chi connectivity index (χ1v) is 10.6. The summed E-state index contributed by atoms with van der Waals surface area (Å²) in [5, 5.41) is 0. The number of aromatic nitrogens is 1. The fraction of sp³-hybridized carbons (Fsp3) is 0.727. The lowest BCUT2D eigenvalue weighted by Crippen LogP contribution is -2.46. The second kappa shape index (κ2) is 12.6. The highest BCUT2D eigenvalue weighted by molar-refractivity contribution is 5.85. The number of hydrogen-bond donors (Lipinski definition) is 0. The number of rotatable bonds is 13. The molecule has 0 saturated heterocycles. The zero-order valence-corrected chi connectivity index (χ0v) is 18.0. The number of carbonyl (C=O) groups is 2. The molecule has 27 heavy (non-hydrogen) atoms. The first kappa shape index (κ1) is 23.3. The summed E-state index contributed by atoms with van der Waals surface area (Å²) < 4.78 is 2.05. The Labute approximate surface area is 165 Å². The van der Waals surface area contributed by atoms with Crippen molar-refractivity contribution in [3.63, 3.8) is 0 Å². The van der Waals surface area contributed by atoms with Gasteiger partial charge in [-0.3, -0.25) is 9.59 Å². The molecule has 1 aromatic heterocycles. The van der Waals surface area contributed by atoms with Crippen molar-refractivity contribution in [2.45, 2.75) is 85.2 Å². The molecule has 0 aliphatic rings. The van der Waals surface area contributed by atoms with Crippen LogP contribution in [-0.4, -0.2) is 45.3 Å². The Morgan fingerprint density at radius 2 is 1.78 bits per heavy atom. The van der Waals surface area contributed by atoms with Crippen LogP contribution in [0.4, 0.5) is 0 Å². The van der Waals surface area contributed by atoms with E-state index >= 15 is 0 Å². The highest BCUT2D eigenvalue weighted by Crippen LogP contribution is 2.12. The molecule has 0 aliphatic heterocycles. The van der Waals surface area contributed by atoms with Gasteiger partial charge < -0.3 is 14.4 Å². The van der Waals surface area contributed by atoms with Crippen molar-refractivity contribution in [2.75, 3.05) is 13.1 Å². The Morgan fingerprint density at radius 3 is 2.33 bits per heavy atom. The van der Waals surface area contributed by atoms with Crippen LogP contribution in [0.25, 0.3) is 0 Å². The number of nitrogens with zero attached hydrogens (tertiary/aromatic N) is 3. The molecule has 0 spiro atoms. The van der Waals surface area contributed by atoms with E-state index in [9.17, 15) is 9.59 Å². The molecular weight excluding hydrogens is 338 g/mol. The molecule has 1 atom stereocenters. The van der Waals surface area contributed by atoms with Gasteiger partial charge in [0.25, 0.3) is 0 Å². The first-order valence-electron chi connectivity index (χ1n) is 10.6. The summed E-state index contributed by atoms with van der Waals surface area (Å²) in [5.41, 5.74) is 1.11. The van der Waals surface area contributed by atoms with Crippen LogP contribution in [0.2, 0.25) is 0 Å². The van der Waals surface area contributed by atoms with Gasteiger partial charge in [-0.1, -0.05) is 40.0 Å². The zero-order valence-electron chi connectivity index (χ0n) is 18.0. The Bertz CT molecular complexity index is 568. The third-order valence-corrected chi connectivity index (χ3v) is 5.28. The number of unbranched alkanes of at least 4 members (excludes halogenated alkanes) is 3. The molecule has 0 bridgehead atoms. The molecule has 5 nitrogen and oxygen atoms in total. The highest BCUT2D eigenvalue weighted by Gasteiger charge is 2.24. The minimum Gasteiger partial charge on any atom is -0.353 e. The van der Waals surface area contributed by atoms with Crippen LogP contribution in [0.3, 0.4) is 0 Å². The van der Waals surface area contributed by atoms with E-state index in [1.165, 1.54) is 0 Å². The van der Waals surface area contributed by atoms with Gasteiger partial charge in [0.2, 0.25) is 11.8 Å². The first-order chi connectivity index (χ1) is 12.9. The smallest absolute Gasteiger partial charge is 0.242 e. The second-order valence-electron chi connectivity index (χ2n) is 7.52. The maximum atomic E-state index is 13.1. The largest absolute Gasteiger partial charge is 0.353 e. The molecule has 1 unspecified atom stereocenters. The van der Waals surface area contributed by atoms with Gasteiger partial charge in [-0.05, 0) is 38.3 Å². The van der Waals surface area contributed by atoms with E-state index < -0.39 is 0 Å². The molecule has 2 amide bonds. The van der Waals surface area contributed by atoms with E-state index in [0.29, 0.717) is 13.0 Å². The van der Waals surface area contributed by atoms with Crippen LogP contribution >= 0.6 is 0 Å². The molecule has 0 aliphatic carbocycles. The lowest BCUT2D eigenvalue weighted by atomic mass is 10.1. The topological polar surface area (TPSA) is 45.6 Å². The van der Waals surface area contributed by atoms with Gasteiger partial charge in [-0.2, -0.15) is 0 Å². The van der Waals surface area contributed by atoms with Crippen molar-refractivity contribution in [1.29, 1.82) is 0 Å². The van der Waals surface area contributed by atoms with Gasteiger partial charge in [0, 0.05) is 37.9 Å². The van der Waals surface area contributed by atoms with Gasteiger partial charge in [0.05, 0.1) is 13.1 Å². The molecule has 1 heterocycles. The Balaban J connectivity index is 2.82. The third-order valence-electron chi connectivity index (χ3n) is 5.28. The average molecular weight is 378 g/mol. The molecule has 0 saturated carbocycles. The molecule has 0 fully saturated rings. The fourth-order valence-electron chi connectivity index (χ4n) is 3.12. The van der Waals surface area contributed by atoms with E-state index in [4.69, 9.17) is 0 Å². The molecule has 5 heteroatoms. The van der Waals surface area contributed by atoms with Crippen molar-refractivity contribution >= 4 is 11.8 Å². The number of aryl methyl sites for hydroxylation is 1. The van der Waals surface area contributed by atoms with E-state index in [1.807, 2.05) is 31.1 Å². The van der Waals surface area contributed by atoms with Crippen molar-refractivity contribution in [3.8, 4) is 0 Å². The van der Waals surface area contributed by atoms with Crippen molar-refractivity contribution in [2.24, 2.45) is 7.05 Å². The summed E-state index contributed by atoms with van der Waals surface area (Å²) in [4.78, 5) is 29.5. The highest BCUT2D eigenvalue weighted by atomic mass is 16.2. The van der Waals surface area contributed by atoms with Gasteiger partial charge in [-0.25, -0.2) is 0 Å².